The summed E-state index contributed by atoms with van der Waals surface area (Å²) in [4.78, 5) is 18.9. The summed E-state index contributed by atoms with van der Waals surface area (Å²) in [5.41, 5.74) is 1.72. The van der Waals surface area contributed by atoms with E-state index < -0.39 is 0 Å². The topological polar surface area (TPSA) is 58.4 Å². The Balaban J connectivity index is 1.39. The van der Waals surface area contributed by atoms with Gasteiger partial charge >= 0.3 is 6.03 Å². The Labute approximate surface area is 136 Å². The van der Waals surface area contributed by atoms with Crippen LogP contribution >= 0.6 is 0 Å². The van der Waals surface area contributed by atoms with Crippen LogP contribution in [0.5, 0.6) is 0 Å². The van der Waals surface area contributed by atoms with Gasteiger partial charge in [-0.2, -0.15) is 0 Å². The van der Waals surface area contributed by atoms with Gasteiger partial charge in [-0.3, -0.25) is 0 Å². The van der Waals surface area contributed by atoms with Gasteiger partial charge in [-0.1, -0.05) is 31.4 Å². The Kier molecular flexibility index (Phi) is 3.93. The Hall–Kier alpha value is -2.04. The van der Waals surface area contributed by atoms with Crippen LogP contribution in [0.1, 0.15) is 50.3 Å². The monoisotopic (exact) mass is 313 g/mol. The van der Waals surface area contributed by atoms with Crippen molar-refractivity contribution in [3.8, 4) is 0 Å². The molecular formula is C18H23N3O2. The quantitative estimate of drug-likeness (QED) is 0.920. The molecule has 2 amide bonds. The van der Waals surface area contributed by atoms with Crippen molar-refractivity contribution in [3.63, 3.8) is 0 Å². The molecule has 0 unspecified atom stereocenters. The average Bonchev–Trinajstić information content (AvgIpc) is 3.22. The summed E-state index contributed by atoms with van der Waals surface area (Å²) >= 11 is 0. The Morgan fingerprint density at radius 1 is 1.17 bits per heavy atom. The van der Waals surface area contributed by atoms with E-state index in [9.17, 15) is 4.79 Å². The lowest BCUT2D eigenvalue weighted by atomic mass is 9.96. The maximum atomic E-state index is 12.4. The van der Waals surface area contributed by atoms with Crippen molar-refractivity contribution < 1.29 is 9.21 Å². The number of urea groups is 1. The van der Waals surface area contributed by atoms with E-state index in [1.165, 1.54) is 19.3 Å². The van der Waals surface area contributed by atoms with Gasteiger partial charge in [0.25, 0.3) is 0 Å². The molecule has 1 N–H and O–H groups in total. The van der Waals surface area contributed by atoms with E-state index in [1.807, 2.05) is 29.2 Å². The fourth-order valence-electron chi connectivity index (χ4n) is 3.72. The molecule has 2 heterocycles. The number of rotatable bonds is 2. The summed E-state index contributed by atoms with van der Waals surface area (Å²) in [7, 11) is 0. The number of amides is 2. The lowest BCUT2D eigenvalue weighted by molar-refractivity contribution is 0.199. The molecule has 0 spiro atoms. The summed E-state index contributed by atoms with van der Waals surface area (Å²) in [6.07, 6.45) is 6.93. The number of oxazole rings is 1. The van der Waals surface area contributed by atoms with Crippen LogP contribution in [-0.4, -0.2) is 35.0 Å². The zero-order valence-corrected chi connectivity index (χ0v) is 13.3. The van der Waals surface area contributed by atoms with Crippen LogP contribution in [0.15, 0.2) is 28.7 Å². The van der Waals surface area contributed by atoms with E-state index in [0.717, 1.165) is 42.8 Å². The zero-order valence-electron chi connectivity index (χ0n) is 13.3. The van der Waals surface area contributed by atoms with Crippen molar-refractivity contribution in [3.05, 3.63) is 30.2 Å². The second-order valence-electron chi connectivity index (χ2n) is 6.74. The smallest absolute Gasteiger partial charge is 0.317 e. The highest BCUT2D eigenvalue weighted by molar-refractivity contribution is 5.75. The molecule has 2 aliphatic rings. The molecule has 5 nitrogen and oxygen atoms in total. The summed E-state index contributed by atoms with van der Waals surface area (Å²) in [5, 5.41) is 3.20. The zero-order chi connectivity index (χ0) is 15.6. The normalized spacial score (nSPS) is 22.6. The first-order valence-corrected chi connectivity index (χ1v) is 8.70. The molecule has 2 aromatic rings. The van der Waals surface area contributed by atoms with Crippen LogP contribution in [0.25, 0.3) is 11.1 Å². The standard InChI is InChI=1S/C18H23N3O2/c22-18(19-14-6-2-1-3-7-14)21-11-10-13(12-21)17-20-15-8-4-5-9-16(15)23-17/h4-5,8-9,13-14H,1-3,6-7,10-12H2,(H,19,22)/t13-/m1/s1. The van der Waals surface area contributed by atoms with E-state index in [-0.39, 0.29) is 11.9 Å². The minimum absolute atomic E-state index is 0.0792. The Morgan fingerprint density at radius 2 is 2.00 bits per heavy atom. The number of hydrogen-bond donors (Lipinski definition) is 1. The maximum Gasteiger partial charge on any atom is 0.317 e. The van der Waals surface area contributed by atoms with Gasteiger partial charge in [-0.25, -0.2) is 9.78 Å². The van der Waals surface area contributed by atoms with E-state index >= 15 is 0 Å². The van der Waals surface area contributed by atoms with Crippen LogP contribution in [0, 0.1) is 0 Å². The molecule has 5 heteroatoms. The highest BCUT2D eigenvalue weighted by Gasteiger charge is 2.31. The molecule has 0 radical (unpaired) electrons. The largest absolute Gasteiger partial charge is 0.440 e. The van der Waals surface area contributed by atoms with Gasteiger partial charge in [0.1, 0.15) is 5.52 Å². The minimum Gasteiger partial charge on any atom is -0.440 e. The summed E-state index contributed by atoms with van der Waals surface area (Å²) < 4.78 is 5.86. The number of para-hydroxylation sites is 2. The molecule has 1 saturated heterocycles. The van der Waals surface area contributed by atoms with Crippen LogP contribution in [0.3, 0.4) is 0 Å². The third-order valence-corrected chi connectivity index (χ3v) is 5.07. The Bertz CT molecular complexity index is 657. The van der Waals surface area contributed by atoms with Crippen molar-refractivity contribution >= 4 is 17.1 Å². The third kappa shape index (κ3) is 3.05. The maximum absolute atomic E-state index is 12.4. The van der Waals surface area contributed by atoms with Crippen molar-refractivity contribution in [2.75, 3.05) is 13.1 Å². The molecule has 1 aromatic heterocycles. The van der Waals surface area contributed by atoms with Crippen LogP contribution in [0.4, 0.5) is 4.79 Å². The van der Waals surface area contributed by atoms with Crippen molar-refractivity contribution in [1.29, 1.82) is 0 Å². The van der Waals surface area contributed by atoms with Gasteiger partial charge in [-0.05, 0) is 31.4 Å². The number of hydrogen-bond acceptors (Lipinski definition) is 3. The molecule has 1 aromatic carbocycles. The predicted molar refractivity (Wildman–Crippen MR) is 88.3 cm³/mol. The minimum atomic E-state index is 0.0792. The number of nitrogens with zero attached hydrogens (tertiary/aromatic N) is 2. The lowest BCUT2D eigenvalue weighted by Gasteiger charge is -2.26. The number of likely N-dealkylation sites (tertiary alicyclic amines) is 1. The molecule has 23 heavy (non-hydrogen) atoms. The van der Waals surface area contributed by atoms with Gasteiger partial charge in [0, 0.05) is 19.1 Å². The summed E-state index contributed by atoms with van der Waals surface area (Å²) in [6, 6.07) is 8.26. The highest BCUT2D eigenvalue weighted by Crippen LogP contribution is 2.29. The van der Waals surface area contributed by atoms with E-state index in [2.05, 4.69) is 10.3 Å². The number of fused-ring (bicyclic) bond motifs is 1. The van der Waals surface area contributed by atoms with Crippen LogP contribution in [0.2, 0.25) is 0 Å². The second-order valence-corrected chi connectivity index (χ2v) is 6.74. The highest BCUT2D eigenvalue weighted by atomic mass is 16.3. The molecule has 1 aliphatic carbocycles. The van der Waals surface area contributed by atoms with Crippen molar-refractivity contribution in [1.82, 2.24) is 15.2 Å². The van der Waals surface area contributed by atoms with E-state index in [0.29, 0.717) is 12.6 Å². The SMILES string of the molecule is O=C(NC1CCCCC1)N1CC[C@@H](c2nc3ccccc3o2)C1. The Morgan fingerprint density at radius 3 is 2.83 bits per heavy atom. The molecule has 1 aliphatic heterocycles. The van der Waals surface area contributed by atoms with Crippen molar-refractivity contribution in [2.45, 2.75) is 50.5 Å². The van der Waals surface area contributed by atoms with Gasteiger partial charge in [0.05, 0.1) is 5.92 Å². The predicted octanol–water partition coefficient (Wildman–Crippen LogP) is 3.66. The number of carbonyl (C=O) groups is 1. The number of aromatic nitrogens is 1. The fourth-order valence-corrected chi connectivity index (χ4v) is 3.72. The fraction of sp³-hybridized carbons (Fsp3) is 0.556. The van der Waals surface area contributed by atoms with Crippen LogP contribution in [-0.2, 0) is 0 Å². The van der Waals surface area contributed by atoms with E-state index in [4.69, 9.17) is 4.42 Å². The lowest BCUT2D eigenvalue weighted by Crippen LogP contribution is -2.44. The van der Waals surface area contributed by atoms with Gasteiger partial charge in [0.2, 0.25) is 0 Å². The third-order valence-electron chi connectivity index (χ3n) is 5.07. The summed E-state index contributed by atoms with van der Waals surface area (Å²) in [6.45, 7) is 1.48. The molecule has 4 rings (SSSR count). The number of nitrogens with one attached hydrogen (secondary N) is 1. The first-order chi connectivity index (χ1) is 11.3. The molecule has 1 atom stereocenters. The summed E-state index contributed by atoms with van der Waals surface area (Å²) in [5.74, 6) is 0.971. The molecule has 122 valence electrons. The first-order valence-electron chi connectivity index (χ1n) is 8.70. The van der Waals surface area contributed by atoms with Gasteiger partial charge < -0.3 is 14.6 Å². The van der Waals surface area contributed by atoms with Gasteiger partial charge in [-0.15, -0.1) is 0 Å². The average molecular weight is 313 g/mol. The first kappa shape index (κ1) is 14.5. The van der Waals surface area contributed by atoms with Crippen LogP contribution < -0.4 is 5.32 Å². The van der Waals surface area contributed by atoms with Crippen molar-refractivity contribution in [2.24, 2.45) is 0 Å². The number of carbonyl (C=O) groups excluding carboxylic acids is 1. The molecule has 1 saturated carbocycles. The molecular weight excluding hydrogens is 290 g/mol. The van der Waals surface area contributed by atoms with E-state index in [1.54, 1.807) is 0 Å². The second kappa shape index (κ2) is 6.22. The molecule has 0 bridgehead atoms. The van der Waals surface area contributed by atoms with Gasteiger partial charge in [0.15, 0.2) is 11.5 Å². The molecule has 2 fully saturated rings. The number of benzene rings is 1.